The lowest BCUT2D eigenvalue weighted by Gasteiger charge is -2.36. The third kappa shape index (κ3) is 4.62. The maximum Gasteiger partial charge on any atom is 0.254 e. The van der Waals surface area contributed by atoms with Gasteiger partial charge in [-0.3, -0.25) is 9.78 Å². The maximum atomic E-state index is 13.4. The molecule has 0 atom stereocenters. The Morgan fingerprint density at radius 3 is 2.36 bits per heavy atom. The normalized spacial score (nSPS) is 13.6. The van der Waals surface area contributed by atoms with Crippen LogP contribution in [-0.2, 0) is 6.42 Å². The Hall–Kier alpha value is -4.33. The van der Waals surface area contributed by atoms with Crippen LogP contribution >= 0.6 is 0 Å². The fourth-order valence-corrected chi connectivity index (χ4v) is 4.71. The van der Waals surface area contributed by atoms with Crippen LogP contribution in [0, 0.1) is 6.92 Å². The van der Waals surface area contributed by atoms with Gasteiger partial charge in [0.25, 0.3) is 5.91 Å². The predicted molar refractivity (Wildman–Crippen MR) is 142 cm³/mol. The van der Waals surface area contributed by atoms with Crippen molar-refractivity contribution in [3.63, 3.8) is 0 Å². The van der Waals surface area contributed by atoms with E-state index in [0.717, 1.165) is 64.4 Å². The Kier molecular flexibility index (Phi) is 6.58. The Morgan fingerprint density at radius 2 is 1.69 bits per heavy atom. The first-order valence-corrected chi connectivity index (χ1v) is 12.2. The molecule has 1 aliphatic rings. The van der Waals surface area contributed by atoms with E-state index < -0.39 is 0 Å². The number of pyridine rings is 2. The first kappa shape index (κ1) is 23.4. The minimum atomic E-state index is 0.0633. The third-order valence-electron chi connectivity index (χ3n) is 6.66. The minimum Gasteiger partial charge on any atom is -0.384 e. The summed E-state index contributed by atoms with van der Waals surface area (Å²) in [6.45, 7) is 7.02. The van der Waals surface area contributed by atoms with Crippen molar-refractivity contribution in [1.82, 2.24) is 24.8 Å². The molecule has 0 spiro atoms. The molecule has 4 aromatic rings. The van der Waals surface area contributed by atoms with Crippen molar-refractivity contribution in [3.05, 3.63) is 84.2 Å². The second-order valence-electron chi connectivity index (χ2n) is 8.88. The molecule has 3 aromatic heterocycles. The molecule has 0 bridgehead atoms. The smallest absolute Gasteiger partial charge is 0.254 e. The number of carbonyl (C=O) groups is 1. The zero-order valence-electron chi connectivity index (χ0n) is 20.6. The van der Waals surface area contributed by atoms with Gasteiger partial charge in [0.15, 0.2) is 0 Å². The molecule has 1 amide bonds. The Labute approximate surface area is 210 Å². The summed E-state index contributed by atoms with van der Waals surface area (Å²) in [7, 11) is 0. The molecule has 36 heavy (non-hydrogen) atoms. The molecule has 1 aromatic carbocycles. The van der Waals surface area contributed by atoms with Crippen molar-refractivity contribution in [2.24, 2.45) is 0 Å². The van der Waals surface area contributed by atoms with Gasteiger partial charge in [0, 0.05) is 72.7 Å². The molecular formula is C28H29N7O. The number of hydrogen-bond acceptors (Lipinski definition) is 7. The highest BCUT2D eigenvalue weighted by Crippen LogP contribution is 2.33. The van der Waals surface area contributed by atoms with Crippen LogP contribution in [0.5, 0.6) is 0 Å². The van der Waals surface area contributed by atoms with Crippen molar-refractivity contribution in [3.8, 4) is 22.4 Å². The molecule has 8 nitrogen and oxygen atoms in total. The van der Waals surface area contributed by atoms with Crippen molar-refractivity contribution in [2.45, 2.75) is 20.3 Å². The van der Waals surface area contributed by atoms with Gasteiger partial charge in [0.05, 0.1) is 11.4 Å². The number of amides is 1. The summed E-state index contributed by atoms with van der Waals surface area (Å²) in [5.41, 5.74) is 13.1. The molecular weight excluding hydrogens is 450 g/mol. The van der Waals surface area contributed by atoms with Crippen molar-refractivity contribution < 1.29 is 4.79 Å². The summed E-state index contributed by atoms with van der Waals surface area (Å²) in [5, 5.41) is 0. The number of anilines is 2. The zero-order valence-corrected chi connectivity index (χ0v) is 20.6. The predicted octanol–water partition coefficient (Wildman–Crippen LogP) is 4.02. The van der Waals surface area contributed by atoms with Gasteiger partial charge in [-0.25, -0.2) is 15.0 Å². The van der Waals surface area contributed by atoms with Crippen molar-refractivity contribution in [1.29, 1.82) is 0 Å². The van der Waals surface area contributed by atoms with Gasteiger partial charge in [0.2, 0.25) is 0 Å². The van der Waals surface area contributed by atoms with Crippen LogP contribution in [0.3, 0.4) is 0 Å². The molecule has 0 saturated carbocycles. The first-order chi connectivity index (χ1) is 17.5. The number of benzene rings is 1. The fraction of sp³-hybridized carbons (Fsp3) is 0.250. The highest BCUT2D eigenvalue weighted by Gasteiger charge is 2.24. The van der Waals surface area contributed by atoms with E-state index in [-0.39, 0.29) is 5.91 Å². The number of piperazine rings is 1. The molecule has 1 aliphatic heterocycles. The van der Waals surface area contributed by atoms with Gasteiger partial charge < -0.3 is 15.5 Å². The van der Waals surface area contributed by atoms with E-state index in [1.54, 1.807) is 31.0 Å². The monoisotopic (exact) mass is 479 g/mol. The first-order valence-electron chi connectivity index (χ1n) is 12.2. The largest absolute Gasteiger partial charge is 0.384 e. The highest BCUT2D eigenvalue weighted by atomic mass is 16.2. The second-order valence-corrected chi connectivity index (χ2v) is 8.88. The number of nitrogen functional groups attached to an aromatic ring is 1. The van der Waals surface area contributed by atoms with Crippen molar-refractivity contribution in [2.75, 3.05) is 36.8 Å². The Bertz CT molecular complexity index is 1360. The number of nitrogens with zero attached hydrogens (tertiary/aromatic N) is 6. The van der Waals surface area contributed by atoms with Gasteiger partial charge in [-0.2, -0.15) is 0 Å². The standard InChI is InChI=1S/C28H29N7O/c1-3-24-26(21-5-7-25(29)31-17-21)27(33-18-32-24)20-4-6-23(19(2)16-20)28(36)35-14-12-34(13-15-35)22-8-10-30-11-9-22/h4-11,16-18H,3,12-15H2,1-2H3,(H2,29,31). The molecule has 0 aliphatic carbocycles. The average Bonchev–Trinajstić information content (AvgIpc) is 2.93. The van der Waals surface area contributed by atoms with Crippen LogP contribution in [0.15, 0.2) is 67.4 Å². The van der Waals surface area contributed by atoms with Gasteiger partial charge in [-0.05, 0) is 55.3 Å². The lowest BCUT2D eigenvalue weighted by molar-refractivity contribution is 0.0746. The molecule has 0 unspecified atom stereocenters. The minimum absolute atomic E-state index is 0.0633. The van der Waals surface area contributed by atoms with Crippen LogP contribution in [0.4, 0.5) is 11.5 Å². The van der Waals surface area contributed by atoms with Crippen LogP contribution in [0.2, 0.25) is 0 Å². The average molecular weight is 480 g/mol. The maximum absolute atomic E-state index is 13.4. The summed E-state index contributed by atoms with van der Waals surface area (Å²) in [6, 6.07) is 13.7. The number of nitrogens with two attached hydrogens (primary N) is 1. The van der Waals surface area contributed by atoms with E-state index in [4.69, 9.17) is 5.73 Å². The Balaban J connectivity index is 1.39. The quantitative estimate of drug-likeness (QED) is 0.461. The molecule has 0 radical (unpaired) electrons. The van der Waals surface area contributed by atoms with E-state index in [1.807, 2.05) is 48.2 Å². The lowest BCUT2D eigenvalue weighted by Crippen LogP contribution is -2.48. The highest BCUT2D eigenvalue weighted by molar-refractivity contribution is 5.96. The van der Waals surface area contributed by atoms with E-state index in [9.17, 15) is 4.79 Å². The summed E-state index contributed by atoms with van der Waals surface area (Å²) < 4.78 is 0. The fourth-order valence-electron chi connectivity index (χ4n) is 4.71. The third-order valence-corrected chi connectivity index (χ3v) is 6.66. The molecule has 5 rings (SSSR count). The van der Waals surface area contributed by atoms with E-state index in [2.05, 4.69) is 31.8 Å². The van der Waals surface area contributed by atoms with Gasteiger partial charge in [0.1, 0.15) is 12.1 Å². The second kappa shape index (κ2) is 10.1. The number of hydrogen-bond donors (Lipinski definition) is 1. The number of rotatable bonds is 5. The summed E-state index contributed by atoms with van der Waals surface area (Å²) in [5.74, 6) is 0.531. The van der Waals surface area contributed by atoms with Gasteiger partial charge >= 0.3 is 0 Å². The van der Waals surface area contributed by atoms with E-state index in [1.165, 1.54) is 0 Å². The van der Waals surface area contributed by atoms with Crippen LogP contribution in [0.25, 0.3) is 22.4 Å². The molecule has 8 heteroatoms. The number of aryl methyl sites for hydroxylation is 2. The van der Waals surface area contributed by atoms with Gasteiger partial charge in [-0.15, -0.1) is 0 Å². The molecule has 4 heterocycles. The SMILES string of the molecule is CCc1ncnc(-c2ccc(C(=O)N3CCN(c4ccncc4)CC3)c(C)c2)c1-c1ccc(N)nc1. The van der Waals surface area contributed by atoms with E-state index in [0.29, 0.717) is 18.9 Å². The lowest BCUT2D eigenvalue weighted by atomic mass is 9.95. The summed E-state index contributed by atoms with van der Waals surface area (Å²) >= 11 is 0. The van der Waals surface area contributed by atoms with Crippen molar-refractivity contribution >= 4 is 17.4 Å². The van der Waals surface area contributed by atoms with Crippen LogP contribution in [0.1, 0.15) is 28.5 Å². The topological polar surface area (TPSA) is 101 Å². The van der Waals surface area contributed by atoms with Crippen LogP contribution < -0.4 is 10.6 Å². The summed E-state index contributed by atoms with van der Waals surface area (Å²) in [4.78, 5) is 35.1. The van der Waals surface area contributed by atoms with E-state index >= 15 is 0 Å². The molecule has 1 saturated heterocycles. The number of carbonyl (C=O) groups excluding carboxylic acids is 1. The zero-order chi connectivity index (χ0) is 25.1. The number of aromatic nitrogens is 4. The molecule has 1 fully saturated rings. The van der Waals surface area contributed by atoms with Crippen LogP contribution in [-0.4, -0.2) is 56.9 Å². The molecule has 2 N–H and O–H groups in total. The Morgan fingerprint density at radius 1 is 0.944 bits per heavy atom. The van der Waals surface area contributed by atoms with Gasteiger partial charge in [-0.1, -0.05) is 13.0 Å². The molecule has 182 valence electrons. The summed E-state index contributed by atoms with van der Waals surface area (Å²) in [6.07, 6.45) is 7.71.